The van der Waals surface area contributed by atoms with Gasteiger partial charge in [0.1, 0.15) is 21.6 Å². The number of aromatic hydroxyl groups is 2. The Morgan fingerprint density at radius 2 is 1.50 bits per heavy atom. The summed E-state index contributed by atoms with van der Waals surface area (Å²) in [5, 5.41) is 19.8. The largest absolute Gasteiger partial charge is 1.00 e. The minimum absolute atomic E-state index is 0. The fraction of sp³-hybridized carbons (Fsp3) is 0. The van der Waals surface area contributed by atoms with Crippen LogP contribution in [0.5, 0.6) is 11.5 Å². The van der Waals surface area contributed by atoms with Gasteiger partial charge in [0.25, 0.3) is 10.1 Å². The van der Waals surface area contributed by atoms with Crippen LogP contribution in [0.3, 0.4) is 0 Å². The second-order valence-corrected chi connectivity index (χ2v) is 8.53. The Kier molecular flexibility index (Phi) is 8.16. The number of fused-ring (bicyclic) bond motifs is 1. The van der Waals surface area contributed by atoms with Crippen molar-refractivity contribution in [1.82, 2.24) is 0 Å². The quantitative estimate of drug-likeness (QED) is 0.247. The van der Waals surface area contributed by atoms with E-state index in [4.69, 9.17) is 0 Å². The number of aliphatic imine (C=N–C) groups is 1. The van der Waals surface area contributed by atoms with Crippen LogP contribution in [0.25, 0.3) is 10.8 Å². The van der Waals surface area contributed by atoms with Gasteiger partial charge in [-0.3, -0.25) is 9.55 Å². The number of hydrogen-bond donors (Lipinski definition) is 3. The number of hydrogen-bond acceptors (Lipinski definition) is 9. The molecule has 30 heavy (non-hydrogen) atoms. The van der Waals surface area contributed by atoms with E-state index in [9.17, 15) is 36.2 Å². The van der Waals surface area contributed by atoms with Crippen molar-refractivity contribution < 1.29 is 71.2 Å². The first-order valence-corrected chi connectivity index (χ1v) is 10.4. The third-order valence-electron chi connectivity index (χ3n) is 3.82. The maximum Gasteiger partial charge on any atom is 1.00 e. The topological polar surface area (TPSA) is 194 Å². The average Bonchev–Trinajstić information content (AvgIpc) is 2.58. The van der Waals surface area contributed by atoms with Crippen LogP contribution in [0.4, 0.5) is 5.69 Å². The molecule has 0 saturated heterocycles. The van der Waals surface area contributed by atoms with Gasteiger partial charge in [-0.2, -0.15) is 8.42 Å². The molecule has 0 radical (unpaired) electrons. The first-order chi connectivity index (χ1) is 13.0. The van der Waals surface area contributed by atoms with Gasteiger partial charge >= 0.3 is 29.6 Å². The Bertz CT molecular complexity index is 1330. The summed E-state index contributed by atoms with van der Waals surface area (Å²) < 4.78 is 66.2. The van der Waals surface area contributed by atoms with Crippen molar-refractivity contribution >= 4 is 42.9 Å². The molecule has 0 aromatic heterocycles. The number of para-hydroxylation sites is 1. The molecule has 0 fully saturated rings. The van der Waals surface area contributed by atoms with Gasteiger partial charge in [0.2, 0.25) is 0 Å². The standard InChI is InChI=1S/C17H13NO8S2.Na.H2O/c19-15-4-2-1-3-10(15)9-18-14-7-12(27(21,22)23)5-11-6-13(28(24,25)26)8-16(20)17(11)14;;/h1-9,19-20H,(H,21,22,23)(H,24,25,26);;1H2/q;+1;/p-2. The van der Waals surface area contributed by atoms with E-state index in [-0.39, 0.29) is 62.8 Å². The Morgan fingerprint density at radius 3 is 2.07 bits per heavy atom. The summed E-state index contributed by atoms with van der Waals surface area (Å²) in [6, 6.07) is 9.57. The van der Waals surface area contributed by atoms with Crippen molar-refractivity contribution in [3.05, 3.63) is 54.1 Å². The van der Waals surface area contributed by atoms with Crippen LogP contribution >= 0.6 is 0 Å². The molecule has 0 atom stereocenters. The minimum atomic E-state index is -4.93. The number of phenols is 2. The molecule has 4 N–H and O–H groups in total. The number of rotatable bonds is 4. The van der Waals surface area contributed by atoms with Gasteiger partial charge in [-0.25, -0.2) is 8.42 Å². The second kappa shape index (κ2) is 9.41. The zero-order valence-electron chi connectivity index (χ0n) is 15.3. The molecule has 10 nitrogen and oxygen atoms in total. The van der Waals surface area contributed by atoms with E-state index in [1.165, 1.54) is 18.3 Å². The fourth-order valence-electron chi connectivity index (χ4n) is 2.55. The van der Waals surface area contributed by atoms with Crippen molar-refractivity contribution in [2.24, 2.45) is 4.99 Å². The van der Waals surface area contributed by atoms with Crippen molar-refractivity contribution in [3.8, 4) is 11.5 Å². The smallest absolute Gasteiger partial charge is 0.870 e. The summed E-state index contributed by atoms with van der Waals surface area (Å²) in [7, 11) is -9.63. The summed E-state index contributed by atoms with van der Waals surface area (Å²) in [6.07, 6.45) is 1.19. The van der Waals surface area contributed by atoms with Gasteiger partial charge in [-0.05, 0) is 41.8 Å². The molecule has 154 valence electrons. The fourth-order valence-corrected chi connectivity index (χ4v) is 3.61. The van der Waals surface area contributed by atoms with Crippen LogP contribution < -0.4 is 29.6 Å². The molecule has 0 bridgehead atoms. The third-order valence-corrected chi connectivity index (χ3v) is 5.46. The van der Waals surface area contributed by atoms with Crippen LogP contribution in [0.1, 0.15) is 5.56 Å². The monoisotopic (exact) mass is 462 g/mol. The molecule has 3 rings (SSSR count). The summed E-state index contributed by atoms with van der Waals surface area (Å²) in [5.74, 6) is -0.733. The summed E-state index contributed by atoms with van der Waals surface area (Å²) >= 11 is 0. The van der Waals surface area contributed by atoms with Crippen LogP contribution in [0, 0.1) is 0 Å². The van der Waals surface area contributed by atoms with Gasteiger partial charge in [0.15, 0.2) is 0 Å². The van der Waals surface area contributed by atoms with Crippen LogP contribution in [-0.4, -0.2) is 47.8 Å². The van der Waals surface area contributed by atoms with E-state index in [0.717, 1.165) is 24.3 Å². The zero-order valence-corrected chi connectivity index (χ0v) is 18.9. The Labute approximate surface area is 193 Å². The predicted molar refractivity (Wildman–Crippen MR) is 101 cm³/mol. The molecular formula is C17H13NNaO9S2-. The molecule has 3 aromatic rings. The molecule has 0 unspecified atom stereocenters. The number of benzene rings is 3. The molecular weight excluding hydrogens is 449 g/mol. The first-order valence-electron chi connectivity index (χ1n) is 7.53. The molecule has 3 aromatic carbocycles. The van der Waals surface area contributed by atoms with Crippen LogP contribution in [-0.2, 0) is 20.2 Å². The molecule has 0 amide bonds. The first kappa shape index (κ1) is 26.0. The SMILES string of the molecule is O=S(=O)([O-])c1cc(O)c2c(N=Cc3ccccc3O)cc(S(=O)(=O)O)cc2c1.[Na+].[OH-]. The van der Waals surface area contributed by atoms with Gasteiger partial charge in [0, 0.05) is 17.2 Å². The van der Waals surface area contributed by atoms with Crippen molar-refractivity contribution in [3.63, 3.8) is 0 Å². The van der Waals surface area contributed by atoms with Gasteiger partial charge in [0.05, 0.1) is 15.5 Å². The van der Waals surface area contributed by atoms with Crippen LogP contribution in [0.15, 0.2) is 63.3 Å². The normalized spacial score (nSPS) is 11.8. The van der Waals surface area contributed by atoms with E-state index < -0.39 is 35.8 Å². The van der Waals surface area contributed by atoms with Gasteiger partial charge in [-0.1, -0.05) is 12.1 Å². The van der Waals surface area contributed by atoms with E-state index in [2.05, 4.69) is 4.99 Å². The molecule has 0 aliphatic heterocycles. The van der Waals surface area contributed by atoms with Crippen molar-refractivity contribution in [2.45, 2.75) is 9.79 Å². The molecule has 0 spiro atoms. The second-order valence-electron chi connectivity index (χ2n) is 5.73. The Balaban J connectivity index is 0.00000225. The maximum absolute atomic E-state index is 11.5. The number of phenolic OH excluding ortho intramolecular Hbond substituents is 2. The Hall–Kier alpha value is -2.03. The maximum atomic E-state index is 11.5. The van der Waals surface area contributed by atoms with E-state index in [1.54, 1.807) is 12.1 Å². The summed E-state index contributed by atoms with van der Waals surface area (Å²) in [5.41, 5.74) is 0.145. The Morgan fingerprint density at radius 1 is 0.900 bits per heavy atom. The molecule has 13 heteroatoms. The third kappa shape index (κ3) is 5.56. The molecule has 0 aliphatic rings. The molecule has 0 heterocycles. The van der Waals surface area contributed by atoms with Gasteiger partial charge < -0.3 is 20.2 Å². The molecule has 0 aliphatic carbocycles. The predicted octanol–water partition coefficient (Wildman–Crippen LogP) is -1.02. The summed E-state index contributed by atoms with van der Waals surface area (Å²) in [4.78, 5) is 2.65. The van der Waals surface area contributed by atoms with Crippen molar-refractivity contribution in [1.29, 1.82) is 0 Å². The van der Waals surface area contributed by atoms with Crippen molar-refractivity contribution in [2.75, 3.05) is 0 Å². The minimum Gasteiger partial charge on any atom is -0.870 e. The average molecular weight is 462 g/mol. The van der Waals surface area contributed by atoms with Gasteiger partial charge in [-0.15, -0.1) is 0 Å². The molecule has 0 saturated carbocycles. The summed E-state index contributed by atoms with van der Waals surface area (Å²) in [6.45, 7) is 0. The van der Waals surface area contributed by atoms with E-state index in [0.29, 0.717) is 0 Å². The van der Waals surface area contributed by atoms with E-state index in [1.807, 2.05) is 0 Å². The zero-order chi connectivity index (χ0) is 20.7. The number of nitrogens with zero attached hydrogens (tertiary/aromatic N) is 1. The van der Waals surface area contributed by atoms with Crippen LogP contribution in [0.2, 0.25) is 0 Å². The van der Waals surface area contributed by atoms with E-state index >= 15 is 0 Å².